The topological polar surface area (TPSA) is 42.2 Å². The lowest BCUT2D eigenvalue weighted by Crippen LogP contribution is -1.98. The predicted molar refractivity (Wildman–Crippen MR) is 64.3 cm³/mol. The summed E-state index contributed by atoms with van der Waals surface area (Å²) in [5.74, 6) is -0.979. The Kier molecular flexibility index (Phi) is 2.64. The summed E-state index contributed by atoms with van der Waals surface area (Å²) in [6.45, 7) is 4.53. The number of halogens is 1. The number of aromatic nitrogens is 1. The molecule has 0 unspecified atom stereocenters. The van der Waals surface area contributed by atoms with Gasteiger partial charge in [0.25, 0.3) is 0 Å². The lowest BCUT2D eigenvalue weighted by Gasteiger charge is -2.01. The highest BCUT2D eigenvalue weighted by Gasteiger charge is 2.19. The molecule has 84 valence electrons. The number of rotatable bonds is 2. The monoisotopic (exact) mass is 237 g/mol. The van der Waals surface area contributed by atoms with Gasteiger partial charge < -0.3 is 9.67 Å². The number of hydrogen-bond acceptors (Lipinski definition) is 1. The molecule has 0 amide bonds. The first kappa shape index (κ1) is 11.0. The fourth-order valence-electron chi connectivity index (χ4n) is 1.95. The third-order valence-corrected chi connectivity index (χ3v) is 3.08. The summed E-state index contributed by atoms with van der Waals surface area (Å²) in [7, 11) is 0. The van der Waals surface area contributed by atoms with Gasteiger partial charge in [0.1, 0.15) is 10.7 Å². The van der Waals surface area contributed by atoms with Gasteiger partial charge in [0.15, 0.2) is 0 Å². The molecule has 0 saturated carbocycles. The minimum atomic E-state index is -0.979. The number of carboxylic acids is 1. The van der Waals surface area contributed by atoms with Gasteiger partial charge in [-0.15, -0.1) is 0 Å². The number of fused-ring (bicyclic) bond motifs is 1. The average Bonchev–Trinajstić information content (AvgIpc) is 2.48. The van der Waals surface area contributed by atoms with E-state index in [9.17, 15) is 4.79 Å². The molecule has 1 aromatic heterocycles. The molecular weight excluding hydrogens is 226 g/mol. The Morgan fingerprint density at radius 1 is 1.50 bits per heavy atom. The van der Waals surface area contributed by atoms with Crippen LogP contribution in [0.4, 0.5) is 0 Å². The Hall–Kier alpha value is -1.48. The molecular formula is C12H12ClNO2. The fourth-order valence-corrected chi connectivity index (χ4v) is 2.34. The first-order valence-electron chi connectivity index (χ1n) is 5.08. The van der Waals surface area contributed by atoms with E-state index in [2.05, 4.69) is 0 Å². The number of benzene rings is 1. The van der Waals surface area contributed by atoms with Crippen molar-refractivity contribution in [3.05, 3.63) is 34.5 Å². The molecule has 0 bridgehead atoms. The average molecular weight is 238 g/mol. The van der Waals surface area contributed by atoms with Gasteiger partial charge in [-0.1, -0.05) is 23.2 Å². The van der Waals surface area contributed by atoms with Crippen molar-refractivity contribution in [1.29, 1.82) is 0 Å². The van der Waals surface area contributed by atoms with Gasteiger partial charge in [-0.3, -0.25) is 0 Å². The first-order valence-corrected chi connectivity index (χ1v) is 5.45. The van der Waals surface area contributed by atoms with Crippen molar-refractivity contribution in [2.75, 3.05) is 0 Å². The molecule has 1 N–H and O–H groups in total. The maximum atomic E-state index is 11.2. The summed E-state index contributed by atoms with van der Waals surface area (Å²) in [5, 5.41) is 10.2. The molecule has 1 aromatic carbocycles. The summed E-state index contributed by atoms with van der Waals surface area (Å²) in [4.78, 5) is 11.2. The van der Waals surface area contributed by atoms with E-state index in [1.165, 1.54) is 0 Å². The molecule has 2 rings (SSSR count). The normalized spacial score (nSPS) is 10.9. The highest BCUT2D eigenvalue weighted by molar-refractivity contribution is 6.35. The van der Waals surface area contributed by atoms with Gasteiger partial charge in [-0.25, -0.2) is 4.79 Å². The quantitative estimate of drug-likeness (QED) is 0.871. The zero-order chi connectivity index (χ0) is 11.9. The van der Waals surface area contributed by atoms with E-state index in [1.807, 2.05) is 32.0 Å². The van der Waals surface area contributed by atoms with E-state index in [0.717, 1.165) is 11.1 Å². The van der Waals surface area contributed by atoms with Crippen LogP contribution in [0.2, 0.25) is 5.15 Å². The van der Waals surface area contributed by atoms with Gasteiger partial charge in [-0.2, -0.15) is 0 Å². The molecule has 3 nitrogen and oxygen atoms in total. The Balaban J connectivity index is 2.92. The van der Waals surface area contributed by atoms with Crippen molar-refractivity contribution in [3.8, 4) is 0 Å². The van der Waals surface area contributed by atoms with Crippen LogP contribution in [0.5, 0.6) is 0 Å². The second kappa shape index (κ2) is 3.83. The third kappa shape index (κ3) is 1.48. The van der Waals surface area contributed by atoms with Crippen molar-refractivity contribution >= 4 is 28.5 Å². The maximum Gasteiger partial charge on any atom is 0.339 e. The molecule has 0 radical (unpaired) electrons. The Labute approximate surface area is 98.3 Å². The van der Waals surface area contributed by atoms with Crippen LogP contribution in [-0.4, -0.2) is 15.6 Å². The van der Waals surface area contributed by atoms with E-state index in [4.69, 9.17) is 16.7 Å². The van der Waals surface area contributed by atoms with Crippen LogP contribution in [0.25, 0.3) is 10.9 Å². The smallest absolute Gasteiger partial charge is 0.339 e. The second-order valence-electron chi connectivity index (χ2n) is 3.74. The Morgan fingerprint density at radius 3 is 2.75 bits per heavy atom. The molecule has 0 spiro atoms. The number of aromatic carboxylic acids is 1. The summed E-state index contributed by atoms with van der Waals surface area (Å²) >= 11 is 6.08. The summed E-state index contributed by atoms with van der Waals surface area (Å²) in [6.07, 6.45) is 0. The van der Waals surface area contributed by atoms with Crippen LogP contribution in [0, 0.1) is 6.92 Å². The molecule has 0 saturated heterocycles. The Morgan fingerprint density at radius 2 is 2.19 bits per heavy atom. The molecule has 2 aromatic rings. The van der Waals surface area contributed by atoms with E-state index in [0.29, 0.717) is 17.1 Å². The van der Waals surface area contributed by atoms with Crippen LogP contribution in [0.1, 0.15) is 22.8 Å². The standard InChI is InChI=1S/C12H12ClNO2/c1-3-14-9-5-4-7(2)6-8(9)10(11(14)13)12(15)16/h4-6H,3H2,1-2H3,(H,15,16). The van der Waals surface area contributed by atoms with Crippen molar-refractivity contribution in [3.63, 3.8) is 0 Å². The van der Waals surface area contributed by atoms with Crippen LogP contribution in [0.15, 0.2) is 18.2 Å². The zero-order valence-corrected chi connectivity index (χ0v) is 9.88. The van der Waals surface area contributed by atoms with E-state index in [-0.39, 0.29) is 5.56 Å². The molecule has 0 aliphatic rings. The van der Waals surface area contributed by atoms with E-state index >= 15 is 0 Å². The third-order valence-electron chi connectivity index (χ3n) is 2.69. The van der Waals surface area contributed by atoms with Gasteiger partial charge in [-0.05, 0) is 26.0 Å². The highest BCUT2D eigenvalue weighted by atomic mass is 35.5. The molecule has 1 heterocycles. The van der Waals surface area contributed by atoms with Crippen molar-refractivity contribution in [1.82, 2.24) is 4.57 Å². The van der Waals surface area contributed by atoms with Gasteiger partial charge in [0.05, 0.1) is 5.52 Å². The van der Waals surface area contributed by atoms with Crippen LogP contribution >= 0.6 is 11.6 Å². The Bertz CT molecular complexity index is 572. The van der Waals surface area contributed by atoms with Gasteiger partial charge >= 0.3 is 5.97 Å². The van der Waals surface area contributed by atoms with Crippen molar-refractivity contribution < 1.29 is 9.90 Å². The minimum absolute atomic E-state index is 0.196. The minimum Gasteiger partial charge on any atom is -0.478 e. The zero-order valence-electron chi connectivity index (χ0n) is 9.12. The fraction of sp³-hybridized carbons (Fsp3) is 0.250. The van der Waals surface area contributed by atoms with E-state index in [1.54, 1.807) is 4.57 Å². The summed E-state index contributed by atoms with van der Waals surface area (Å²) < 4.78 is 1.81. The molecule has 0 atom stereocenters. The second-order valence-corrected chi connectivity index (χ2v) is 4.09. The van der Waals surface area contributed by atoms with Crippen molar-refractivity contribution in [2.45, 2.75) is 20.4 Å². The molecule has 16 heavy (non-hydrogen) atoms. The maximum absolute atomic E-state index is 11.2. The van der Waals surface area contributed by atoms with Gasteiger partial charge in [0.2, 0.25) is 0 Å². The molecule has 0 fully saturated rings. The van der Waals surface area contributed by atoms with Gasteiger partial charge in [0, 0.05) is 11.9 Å². The number of aryl methyl sites for hydroxylation is 2. The molecule has 4 heteroatoms. The first-order chi connectivity index (χ1) is 7.56. The highest BCUT2D eigenvalue weighted by Crippen LogP contribution is 2.30. The largest absolute Gasteiger partial charge is 0.478 e. The number of carboxylic acid groups (broad SMARTS) is 1. The van der Waals surface area contributed by atoms with Crippen LogP contribution < -0.4 is 0 Å². The molecule has 0 aliphatic heterocycles. The lowest BCUT2D eigenvalue weighted by molar-refractivity contribution is 0.0699. The SMILES string of the molecule is CCn1c(Cl)c(C(=O)O)c2cc(C)ccc21. The summed E-state index contributed by atoms with van der Waals surface area (Å²) in [6, 6.07) is 5.72. The van der Waals surface area contributed by atoms with Crippen LogP contribution in [0.3, 0.4) is 0 Å². The van der Waals surface area contributed by atoms with Crippen LogP contribution in [-0.2, 0) is 6.54 Å². The predicted octanol–water partition coefficient (Wildman–Crippen LogP) is 3.32. The number of nitrogens with zero attached hydrogens (tertiary/aromatic N) is 1. The van der Waals surface area contributed by atoms with E-state index < -0.39 is 5.97 Å². The van der Waals surface area contributed by atoms with Crippen molar-refractivity contribution in [2.24, 2.45) is 0 Å². The number of hydrogen-bond donors (Lipinski definition) is 1. The summed E-state index contributed by atoms with van der Waals surface area (Å²) in [5.41, 5.74) is 2.10. The lowest BCUT2D eigenvalue weighted by atomic mass is 10.1. The molecule has 0 aliphatic carbocycles. The number of carbonyl (C=O) groups is 1.